The number of amides is 1. The Hall–Kier alpha value is -2.33. The van der Waals surface area contributed by atoms with E-state index >= 15 is 0 Å². The molecule has 1 unspecified atom stereocenters. The molecule has 0 spiro atoms. The Morgan fingerprint density at radius 2 is 1.83 bits per heavy atom. The van der Waals surface area contributed by atoms with Gasteiger partial charge in [-0.1, -0.05) is 42.5 Å². The summed E-state index contributed by atoms with van der Waals surface area (Å²) < 4.78 is 5.47. The Kier molecular flexibility index (Phi) is 5.49. The number of rotatable bonds is 6. The first-order chi connectivity index (χ1) is 11.7. The van der Waals surface area contributed by atoms with Crippen molar-refractivity contribution in [3.63, 3.8) is 0 Å². The third-order valence-electron chi connectivity index (χ3n) is 4.49. The van der Waals surface area contributed by atoms with Crippen LogP contribution in [-0.2, 0) is 17.8 Å². The molecule has 4 nitrogen and oxygen atoms in total. The number of carbonyl (C=O) groups is 1. The fraction of sp³-hybridized carbons (Fsp3) is 0.350. The summed E-state index contributed by atoms with van der Waals surface area (Å²) in [5.74, 6) is 0.636. The van der Waals surface area contributed by atoms with E-state index in [-0.39, 0.29) is 12.5 Å². The number of hydrogen-bond donors (Lipinski definition) is 1. The van der Waals surface area contributed by atoms with Gasteiger partial charge in [0.1, 0.15) is 5.75 Å². The summed E-state index contributed by atoms with van der Waals surface area (Å²) in [7, 11) is 0. The van der Waals surface area contributed by atoms with Crippen LogP contribution in [-0.4, -0.2) is 36.5 Å². The number of hydrogen-bond acceptors (Lipinski definition) is 3. The van der Waals surface area contributed by atoms with Crippen molar-refractivity contribution >= 4 is 5.91 Å². The predicted octanol–water partition coefficient (Wildman–Crippen LogP) is 2.63. The monoisotopic (exact) mass is 324 g/mol. The maximum Gasteiger partial charge on any atom is 0.257 e. The predicted molar refractivity (Wildman–Crippen MR) is 95.0 cm³/mol. The van der Waals surface area contributed by atoms with Crippen molar-refractivity contribution < 1.29 is 9.53 Å². The summed E-state index contributed by atoms with van der Waals surface area (Å²) in [6.07, 6.45) is 1.07. The highest BCUT2D eigenvalue weighted by atomic mass is 16.5. The van der Waals surface area contributed by atoms with E-state index in [9.17, 15) is 4.79 Å². The Morgan fingerprint density at radius 3 is 2.62 bits per heavy atom. The molecule has 1 N–H and O–H groups in total. The van der Waals surface area contributed by atoms with Gasteiger partial charge >= 0.3 is 0 Å². The van der Waals surface area contributed by atoms with Crippen molar-refractivity contribution in [2.45, 2.75) is 25.9 Å². The van der Waals surface area contributed by atoms with Gasteiger partial charge in [0, 0.05) is 25.7 Å². The Morgan fingerprint density at radius 1 is 1.12 bits per heavy atom. The molecule has 0 aromatic heterocycles. The minimum atomic E-state index is -0.0805. The highest BCUT2D eigenvalue weighted by Crippen LogP contribution is 2.19. The Bertz CT molecular complexity index is 672. The third kappa shape index (κ3) is 4.36. The molecular weight excluding hydrogens is 300 g/mol. The molecule has 0 bridgehead atoms. The van der Waals surface area contributed by atoms with Crippen LogP contribution in [0.2, 0.25) is 0 Å². The van der Waals surface area contributed by atoms with E-state index in [2.05, 4.69) is 41.4 Å². The lowest BCUT2D eigenvalue weighted by Crippen LogP contribution is -2.45. The maximum atomic E-state index is 11.9. The van der Waals surface area contributed by atoms with Crippen molar-refractivity contribution in [3.05, 3.63) is 65.7 Å². The quantitative estimate of drug-likeness (QED) is 0.888. The summed E-state index contributed by atoms with van der Waals surface area (Å²) >= 11 is 0. The number of ether oxygens (including phenoxy) is 1. The van der Waals surface area contributed by atoms with Crippen LogP contribution in [0.3, 0.4) is 0 Å². The Balaban J connectivity index is 1.42. The van der Waals surface area contributed by atoms with Crippen molar-refractivity contribution in [3.8, 4) is 5.75 Å². The molecule has 24 heavy (non-hydrogen) atoms. The van der Waals surface area contributed by atoms with E-state index in [1.54, 1.807) is 0 Å². The van der Waals surface area contributed by atoms with Gasteiger partial charge in [0.15, 0.2) is 6.61 Å². The van der Waals surface area contributed by atoms with Gasteiger partial charge in [-0.3, -0.25) is 9.69 Å². The van der Waals surface area contributed by atoms with Crippen LogP contribution >= 0.6 is 0 Å². The number of para-hydroxylation sites is 1. The minimum Gasteiger partial charge on any atom is -0.484 e. The average Bonchev–Trinajstić information content (AvgIpc) is 2.65. The molecule has 0 aliphatic carbocycles. The molecule has 126 valence electrons. The fourth-order valence-electron chi connectivity index (χ4n) is 3.00. The Labute approximate surface area is 143 Å². The van der Waals surface area contributed by atoms with Crippen molar-refractivity contribution in [1.82, 2.24) is 10.2 Å². The van der Waals surface area contributed by atoms with E-state index in [4.69, 9.17) is 4.74 Å². The standard InChI is InChI=1S/C20H24N2O2/c1-16(22-12-11-17-7-5-6-8-18(17)14-22)13-21-20(23)15-24-19-9-3-2-4-10-19/h2-10,16H,11-15H2,1H3,(H,21,23). The van der Waals surface area contributed by atoms with E-state index in [1.165, 1.54) is 11.1 Å². The van der Waals surface area contributed by atoms with Crippen LogP contribution < -0.4 is 10.1 Å². The van der Waals surface area contributed by atoms with Gasteiger partial charge in [-0.25, -0.2) is 0 Å². The van der Waals surface area contributed by atoms with Gasteiger partial charge in [-0.2, -0.15) is 0 Å². The summed E-state index contributed by atoms with van der Waals surface area (Å²) in [6, 6.07) is 18.3. The molecule has 0 radical (unpaired) electrons. The van der Waals surface area contributed by atoms with Crippen LogP contribution in [0.15, 0.2) is 54.6 Å². The van der Waals surface area contributed by atoms with Gasteiger partial charge in [-0.15, -0.1) is 0 Å². The van der Waals surface area contributed by atoms with Crippen LogP contribution in [0.4, 0.5) is 0 Å². The highest BCUT2D eigenvalue weighted by molar-refractivity contribution is 5.77. The number of benzene rings is 2. The lowest BCUT2D eigenvalue weighted by atomic mass is 9.99. The molecule has 1 amide bonds. The molecule has 1 heterocycles. The van der Waals surface area contributed by atoms with Crippen LogP contribution in [0.25, 0.3) is 0 Å². The first-order valence-electron chi connectivity index (χ1n) is 8.48. The minimum absolute atomic E-state index is 0.0551. The lowest BCUT2D eigenvalue weighted by Gasteiger charge is -2.33. The molecule has 1 atom stereocenters. The molecule has 2 aromatic carbocycles. The fourth-order valence-corrected chi connectivity index (χ4v) is 3.00. The topological polar surface area (TPSA) is 41.6 Å². The molecule has 1 aliphatic rings. The first kappa shape index (κ1) is 16.5. The SMILES string of the molecule is CC(CNC(=O)COc1ccccc1)N1CCc2ccccc2C1. The third-order valence-corrected chi connectivity index (χ3v) is 4.49. The normalized spacial score (nSPS) is 15.4. The van der Waals surface area contributed by atoms with Crippen LogP contribution in [0.5, 0.6) is 5.75 Å². The molecule has 2 aromatic rings. The zero-order valence-corrected chi connectivity index (χ0v) is 14.1. The number of carbonyl (C=O) groups excluding carboxylic acids is 1. The molecule has 0 saturated carbocycles. The smallest absolute Gasteiger partial charge is 0.257 e. The number of nitrogens with zero attached hydrogens (tertiary/aromatic N) is 1. The summed E-state index contributed by atoms with van der Waals surface area (Å²) in [4.78, 5) is 14.4. The summed E-state index contributed by atoms with van der Waals surface area (Å²) in [5, 5.41) is 2.97. The number of nitrogens with one attached hydrogen (secondary N) is 1. The highest BCUT2D eigenvalue weighted by Gasteiger charge is 2.20. The summed E-state index contributed by atoms with van der Waals surface area (Å²) in [5.41, 5.74) is 2.84. The van der Waals surface area contributed by atoms with Gasteiger partial charge < -0.3 is 10.1 Å². The number of fused-ring (bicyclic) bond motifs is 1. The molecule has 4 heteroatoms. The lowest BCUT2D eigenvalue weighted by molar-refractivity contribution is -0.123. The van der Waals surface area contributed by atoms with E-state index in [0.29, 0.717) is 18.3 Å². The second-order valence-corrected chi connectivity index (χ2v) is 6.24. The molecule has 0 fully saturated rings. The van der Waals surface area contributed by atoms with Crippen molar-refractivity contribution in [2.75, 3.05) is 19.7 Å². The molecular formula is C20H24N2O2. The molecule has 0 saturated heterocycles. The van der Waals surface area contributed by atoms with Gasteiger partial charge in [0.2, 0.25) is 0 Å². The molecule has 3 rings (SSSR count). The first-order valence-corrected chi connectivity index (χ1v) is 8.48. The zero-order chi connectivity index (χ0) is 16.8. The van der Waals surface area contributed by atoms with E-state index in [1.807, 2.05) is 30.3 Å². The van der Waals surface area contributed by atoms with Gasteiger partial charge in [0.05, 0.1) is 0 Å². The second kappa shape index (κ2) is 7.97. The van der Waals surface area contributed by atoms with Gasteiger partial charge in [-0.05, 0) is 36.6 Å². The zero-order valence-electron chi connectivity index (χ0n) is 14.1. The second-order valence-electron chi connectivity index (χ2n) is 6.24. The van der Waals surface area contributed by atoms with Crippen molar-refractivity contribution in [2.24, 2.45) is 0 Å². The largest absolute Gasteiger partial charge is 0.484 e. The van der Waals surface area contributed by atoms with Crippen LogP contribution in [0, 0.1) is 0 Å². The average molecular weight is 324 g/mol. The van der Waals surface area contributed by atoms with Crippen molar-refractivity contribution in [1.29, 1.82) is 0 Å². The summed E-state index contributed by atoms with van der Waals surface area (Å²) in [6.45, 7) is 4.84. The van der Waals surface area contributed by atoms with Crippen LogP contribution in [0.1, 0.15) is 18.1 Å². The maximum absolute atomic E-state index is 11.9. The van der Waals surface area contributed by atoms with Gasteiger partial charge in [0.25, 0.3) is 5.91 Å². The van der Waals surface area contributed by atoms with E-state index < -0.39 is 0 Å². The van der Waals surface area contributed by atoms with E-state index in [0.717, 1.165) is 19.5 Å². The molecule has 1 aliphatic heterocycles.